The Labute approximate surface area is 122 Å². The Bertz CT molecular complexity index is 500. The standard InChI is InChI=1S/C13H20N4O2S/c1-8(2)14-12(18)10-5-4-6-17(7-10)13(19)11-9(3)15-16-20-11/h8,10H,4-7H2,1-3H3,(H,14,18)/t10-/m1/s1. The molecule has 0 radical (unpaired) electrons. The molecule has 2 amide bonds. The number of aryl methyl sites for hydroxylation is 1. The van der Waals surface area contributed by atoms with Gasteiger partial charge in [-0.05, 0) is 45.1 Å². The summed E-state index contributed by atoms with van der Waals surface area (Å²) in [6, 6.07) is 0.126. The molecule has 0 saturated carbocycles. The maximum atomic E-state index is 12.4. The highest BCUT2D eigenvalue weighted by Crippen LogP contribution is 2.21. The quantitative estimate of drug-likeness (QED) is 0.910. The molecule has 1 atom stereocenters. The van der Waals surface area contributed by atoms with Crippen LogP contribution in [-0.4, -0.2) is 45.4 Å². The minimum absolute atomic E-state index is 0.0386. The fourth-order valence-corrected chi connectivity index (χ4v) is 2.97. The molecule has 110 valence electrons. The van der Waals surface area contributed by atoms with Crippen molar-refractivity contribution in [2.24, 2.45) is 5.92 Å². The van der Waals surface area contributed by atoms with Gasteiger partial charge in [0.25, 0.3) is 5.91 Å². The lowest BCUT2D eigenvalue weighted by atomic mass is 9.96. The zero-order chi connectivity index (χ0) is 14.7. The van der Waals surface area contributed by atoms with Gasteiger partial charge in [0.1, 0.15) is 4.88 Å². The van der Waals surface area contributed by atoms with E-state index in [0.717, 1.165) is 24.4 Å². The Morgan fingerprint density at radius 1 is 1.45 bits per heavy atom. The maximum Gasteiger partial charge on any atom is 0.267 e. The SMILES string of the molecule is Cc1nnsc1C(=O)N1CCC[C@@H](C(=O)NC(C)C)C1. The van der Waals surface area contributed by atoms with Crippen molar-refractivity contribution in [1.82, 2.24) is 19.8 Å². The van der Waals surface area contributed by atoms with E-state index in [-0.39, 0.29) is 23.8 Å². The number of hydrogen-bond donors (Lipinski definition) is 1. The summed E-state index contributed by atoms with van der Waals surface area (Å²) in [5.74, 6) is -0.132. The fourth-order valence-electron chi connectivity index (χ4n) is 2.35. The molecule has 1 aromatic rings. The zero-order valence-electron chi connectivity index (χ0n) is 12.0. The molecular weight excluding hydrogens is 276 g/mol. The first-order valence-electron chi connectivity index (χ1n) is 6.87. The van der Waals surface area contributed by atoms with Crippen molar-refractivity contribution in [2.75, 3.05) is 13.1 Å². The van der Waals surface area contributed by atoms with E-state index in [1.807, 2.05) is 13.8 Å². The average Bonchev–Trinajstić information content (AvgIpc) is 2.83. The molecule has 0 aromatic carbocycles. The minimum atomic E-state index is -0.115. The second-order valence-electron chi connectivity index (χ2n) is 5.44. The number of nitrogens with zero attached hydrogens (tertiary/aromatic N) is 3. The molecule has 1 saturated heterocycles. The molecular formula is C13H20N4O2S. The Morgan fingerprint density at radius 2 is 2.20 bits per heavy atom. The van der Waals surface area contributed by atoms with Gasteiger partial charge in [-0.25, -0.2) is 0 Å². The van der Waals surface area contributed by atoms with E-state index < -0.39 is 0 Å². The van der Waals surface area contributed by atoms with Crippen LogP contribution in [0.5, 0.6) is 0 Å². The third-order valence-corrected chi connectivity index (χ3v) is 4.17. The number of carbonyl (C=O) groups is 2. The Kier molecular flexibility index (Phi) is 4.69. The van der Waals surface area contributed by atoms with Gasteiger partial charge in [-0.3, -0.25) is 9.59 Å². The fraction of sp³-hybridized carbons (Fsp3) is 0.692. The third kappa shape index (κ3) is 3.33. The van der Waals surface area contributed by atoms with Crippen molar-refractivity contribution in [3.05, 3.63) is 10.6 Å². The molecule has 1 fully saturated rings. The molecule has 7 heteroatoms. The first kappa shape index (κ1) is 14.9. The minimum Gasteiger partial charge on any atom is -0.354 e. The van der Waals surface area contributed by atoms with E-state index in [1.54, 1.807) is 11.8 Å². The summed E-state index contributed by atoms with van der Waals surface area (Å²) in [7, 11) is 0. The van der Waals surface area contributed by atoms with Gasteiger partial charge in [-0.2, -0.15) is 0 Å². The second-order valence-corrected chi connectivity index (χ2v) is 6.20. The highest BCUT2D eigenvalue weighted by molar-refractivity contribution is 7.07. The molecule has 6 nitrogen and oxygen atoms in total. The van der Waals surface area contributed by atoms with Crippen LogP contribution in [0.15, 0.2) is 0 Å². The van der Waals surface area contributed by atoms with Gasteiger partial charge < -0.3 is 10.2 Å². The number of nitrogens with one attached hydrogen (secondary N) is 1. The third-order valence-electron chi connectivity index (χ3n) is 3.36. The van der Waals surface area contributed by atoms with Crippen molar-refractivity contribution in [2.45, 2.75) is 39.7 Å². The number of rotatable bonds is 3. The van der Waals surface area contributed by atoms with E-state index in [4.69, 9.17) is 0 Å². The van der Waals surface area contributed by atoms with Crippen LogP contribution in [0.2, 0.25) is 0 Å². The van der Waals surface area contributed by atoms with E-state index >= 15 is 0 Å². The Morgan fingerprint density at radius 3 is 2.80 bits per heavy atom. The summed E-state index contributed by atoms with van der Waals surface area (Å²) in [6.07, 6.45) is 1.69. The lowest BCUT2D eigenvalue weighted by Crippen LogP contribution is -2.46. The van der Waals surface area contributed by atoms with Crippen molar-refractivity contribution in [3.63, 3.8) is 0 Å². The molecule has 1 aromatic heterocycles. The average molecular weight is 296 g/mol. The van der Waals surface area contributed by atoms with E-state index in [2.05, 4.69) is 14.9 Å². The summed E-state index contributed by atoms with van der Waals surface area (Å²) in [4.78, 5) is 26.8. The summed E-state index contributed by atoms with van der Waals surface area (Å²) in [5.41, 5.74) is 0.661. The van der Waals surface area contributed by atoms with Crippen LogP contribution in [0.4, 0.5) is 0 Å². The lowest BCUT2D eigenvalue weighted by Gasteiger charge is -2.32. The molecule has 2 rings (SSSR count). The topological polar surface area (TPSA) is 75.2 Å². The second kappa shape index (κ2) is 6.30. The van der Waals surface area contributed by atoms with Crippen LogP contribution >= 0.6 is 11.5 Å². The number of aromatic nitrogens is 2. The highest BCUT2D eigenvalue weighted by atomic mass is 32.1. The van der Waals surface area contributed by atoms with Crippen LogP contribution < -0.4 is 5.32 Å². The molecule has 2 heterocycles. The number of piperidine rings is 1. The van der Waals surface area contributed by atoms with Crippen LogP contribution in [0.25, 0.3) is 0 Å². The zero-order valence-corrected chi connectivity index (χ0v) is 12.9. The smallest absolute Gasteiger partial charge is 0.267 e. The van der Waals surface area contributed by atoms with Gasteiger partial charge in [-0.1, -0.05) is 4.49 Å². The summed E-state index contributed by atoms with van der Waals surface area (Å²) in [6.45, 7) is 6.84. The van der Waals surface area contributed by atoms with E-state index in [1.165, 1.54) is 0 Å². The van der Waals surface area contributed by atoms with Gasteiger partial charge in [-0.15, -0.1) is 5.10 Å². The Hall–Kier alpha value is -1.50. The molecule has 1 aliphatic rings. The van der Waals surface area contributed by atoms with Crippen LogP contribution in [0.1, 0.15) is 42.1 Å². The lowest BCUT2D eigenvalue weighted by molar-refractivity contribution is -0.126. The summed E-state index contributed by atoms with van der Waals surface area (Å²) >= 11 is 1.12. The van der Waals surface area contributed by atoms with Crippen molar-refractivity contribution < 1.29 is 9.59 Å². The van der Waals surface area contributed by atoms with Crippen LogP contribution in [0.3, 0.4) is 0 Å². The molecule has 1 N–H and O–H groups in total. The monoisotopic (exact) mass is 296 g/mol. The summed E-state index contributed by atoms with van der Waals surface area (Å²) < 4.78 is 3.80. The van der Waals surface area contributed by atoms with Gasteiger partial charge in [0, 0.05) is 19.1 Å². The normalized spacial score (nSPS) is 19.2. The molecule has 20 heavy (non-hydrogen) atoms. The Balaban J connectivity index is 2.02. The van der Waals surface area contributed by atoms with Gasteiger partial charge in [0.15, 0.2) is 0 Å². The van der Waals surface area contributed by atoms with Crippen LogP contribution in [-0.2, 0) is 4.79 Å². The molecule has 0 bridgehead atoms. The first-order valence-corrected chi connectivity index (χ1v) is 7.65. The molecule has 0 aliphatic carbocycles. The highest BCUT2D eigenvalue weighted by Gasteiger charge is 2.30. The number of hydrogen-bond acceptors (Lipinski definition) is 5. The summed E-state index contributed by atoms with van der Waals surface area (Å²) in [5, 5.41) is 6.79. The van der Waals surface area contributed by atoms with Crippen molar-refractivity contribution in [1.29, 1.82) is 0 Å². The van der Waals surface area contributed by atoms with Gasteiger partial charge in [0.05, 0.1) is 11.6 Å². The molecule has 0 unspecified atom stereocenters. The van der Waals surface area contributed by atoms with Crippen molar-refractivity contribution >= 4 is 23.3 Å². The maximum absolute atomic E-state index is 12.4. The number of carbonyl (C=O) groups excluding carboxylic acids is 2. The number of amides is 2. The largest absolute Gasteiger partial charge is 0.354 e. The molecule has 1 aliphatic heterocycles. The van der Waals surface area contributed by atoms with E-state index in [0.29, 0.717) is 23.7 Å². The predicted octanol–water partition coefficient (Wildman–Crippen LogP) is 1.22. The molecule has 0 spiro atoms. The van der Waals surface area contributed by atoms with E-state index in [9.17, 15) is 9.59 Å². The predicted molar refractivity (Wildman–Crippen MR) is 76.6 cm³/mol. The van der Waals surface area contributed by atoms with Crippen LogP contribution in [0, 0.1) is 12.8 Å². The number of likely N-dealkylation sites (tertiary alicyclic amines) is 1. The van der Waals surface area contributed by atoms with Gasteiger partial charge in [0.2, 0.25) is 5.91 Å². The van der Waals surface area contributed by atoms with Crippen molar-refractivity contribution in [3.8, 4) is 0 Å². The van der Waals surface area contributed by atoms with Gasteiger partial charge >= 0.3 is 0 Å². The first-order chi connectivity index (χ1) is 9.49.